The molecule has 1 aromatic carbocycles. The Hall–Kier alpha value is -2.60. The van der Waals surface area contributed by atoms with E-state index in [4.69, 9.17) is 19.1 Å². The molecule has 0 unspecified atom stereocenters. The van der Waals surface area contributed by atoms with Crippen molar-refractivity contribution in [2.75, 3.05) is 13.7 Å². The number of aromatic nitrogens is 1. The Labute approximate surface area is 128 Å². The zero-order valence-electron chi connectivity index (χ0n) is 12.4. The van der Waals surface area contributed by atoms with Gasteiger partial charge in [0, 0.05) is 19.4 Å². The van der Waals surface area contributed by atoms with Crippen LogP contribution >= 0.6 is 0 Å². The maximum atomic E-state index is 11.0. The summed E-state index contributed by atoms with van der Waals surface area (Å²) in [5.41, 5.74) is 1.52. The normalized spacial score (nSPS) is 10.9. The molecule has 0 radical (unpaired) electrons. The summed E-state index contributed by atoms with van der Waals surface area (Å²) in [4.78, 5) is 11.0. The number of nitrogens with zero attached hydrogens (tertiary/aromatic N) is 1. The van der Waals surface area contributed by atoms with Gasteiger partial charge in [-0.15, -0.1) is 0 Å². The second-order valence-electron chi connectivity index (χ2n) is 4.53. The van der Waals surface area contributed by atoms with Gasteiger partial charge in [-0.2, -0.15) is 0 Å². The van der Waals surface area contributed by atoms with E-state index in [1.807, 2.05) is 6.08 Å². The summed E-state index contributed by atoms with van der Waals surface area (Å²) in [6.45, 7) is 1.36. The number of carbonyl (C=O) groups is 1. The highest BCUT2D eigenvalue weighted by molar-refractivity contribution is 5.72. The molecular formula is C16H17NO5. The number of aliphatic hydroxyl groups is 1. The van der Waals surface area contributed by atoms with Crippen molar-refractivity contribution in [2.24, 2.45) is 0 Å². The van der Waals surface area contributed by atoms with Gasteiger partial charge in [-0.3, -0.25) is 4.79 Å². The van der Waals surface area contributed by atoms with Crippen LogP contribution in [0.1, 0.15) is 23.9 Å². The molecule has 2 rings (SSSR count). The largest absolute Gasteiger partial charge is 0.493 e. The molecular weight excluding hydrogens is 286 g/mol. The first-order valence-corrected chi connectivity index (χ1v) is 6.73. The Morgan fingerprint density at radius 1 is 1.32 bits per heavy atom. The number of aliphatic hydroxyl groups excluding tert-OH is 1. The maximum Gasteiger partial charge on any atom is 0.308 e. The SMILES string of the molecule is COc1cc(C=Cc2cc(CCO)on2)ccc1OC(C)=O. The van der Waals surface area contributed by atoms with Gasteiger partial charge in [-0.05, 0) is 23.8 Å². The lowest BCUT2D eigenvalue weighted by atomic mass is 10.1. The highest BCUT2D eigenvalue weighted by atomic mass is 16.6. The van der Waals surface area contributed by atoms with Gasteiger partial charge in [0.25, 0.3) is 0 Å². The van der Waals surface area contributed by atoms with Gasteiger partial charge >= 0.3 is 5.97 Å². The number of hydrogen-bond acceptors (Lipinski definition) is 6. The molecule has 0 atom stereocenters. The van der Waals surface area contributed by atoms with Crippen LogP contribution in [0.3, 0.4) is 0 Å². The van der Waals surface area contributed by atoms with Crippen LogP contribution in [-0.4, -0.2) is 29.9 Å². The molecule has 22 heavy (non-hydrogen) atoms. The van der Waals surface area contributed by atoms with Gasteiger partial charge in [-0.25, -0.2) is 0 Å². The van der Waals surface area contributed by atoms with Crippen molar-refractivity contribution in [2.45, 2.75) is 13.3 Å². The Balaban J connectivity index is 2.14. The molecule has 1 heterocycles. The van der Waals surface area contributed by atoms with E-state index in [2.05, 4.69) is 5.16 Å². The molecule has 0 aliphatic rings. The Kier molecular flexibility index (Phi) is 5.32. The summed E-state index contributed by atoms with van der Waals surface area (Å²) >= 11 is 0. The van der Waals surface area contributed by atoms with Crippen molar-refractivity contribution in [3.05, 3.63) is 41.3 Å². The van der Waals surface area contributed by atoms with Crippen molar-refractivity contribution in [3.63, 3.8) is 0 Å². The van der Waals surface area contributed by atoms with Crippen molar-refractivity contribution in [1.29, 1.82) is 0 Å². The van der Waals surface area contributed by atoms with Gasteiger partial charge in [0.2, 0.25) is 0 Å². The monoisotopic (exact) mass is 303 g/mol. The minimum Gasteiger partial charge on any atom is -0.493 e. The zero-order chi connectivity index (χ0) is 15.9. The first kappa shape index (κ1) is 15.8. The lowest BCUT2D eigenvalue weighted by molar-refractivity contribution is -0.132. The minimum absolute atomic E-state index is 0.0210. The van der Waals surface area contributed by atoms with Crippen LogP contribution in [-0.2, 0) is 11.2 Å². The topological polar surface area (TPSA) is 81.8 Å². The number of methoxy groups -OCH3 is 1. The van der Waals surface area contributed by atoms with E-state index >= 15 is 0 Å². The Morgan fingerprint density at radius 2 is 2.14 bits per heavy atom. The fourth-order valence-electron chi connectivity index (χ4n) is 1.84. The van der Waals surface area contributed by atoms with E-state index in [-0.39, 0.29) is 6.61 Å². The lowest BCUT2D eigenvalue weighted by Crippen LogP contribution is -2.02. The minimum atomic E-state index is -0.402. The van der Waals surface area contributed by atoms with Crippen LogP contribution in [0, 0.1) is 0 Å². The van der Waals surface area contributed by atoms with Crippen LogP contribution in [0.15, 0.2) is 28.8 Å². The lowest BCUT2D eigenvalue weighted by Gasteiger charge is -2.08. The van der Waals surface area contributed by atoms with Crippen LogP contribution < -0.4 is 9.47 Å². The molecule has 0 aliphatic carbocycles. The molecule has 1 N–H and O–H groups in total. The number of esters is 1. The predicted molar refractivity (Wildman–Crippen MR) is 80.5 cm³/mol. The number of carbonyl (C=O) groups excluding carboxylic acids is 1. The van der Waals surface area contributed by atoms with Crippen LogP contribution in [0.4, 0.5) is 0 Å². The second kappa shape index (κ2) is 7.42. The molecule has 116 valence electrons. The number of ether oxygens (including phenoxy) is 2. The number of benzene rings is 1. The van der Waals surface area contributed by atoms with Crippen LogP contribution in [0.5, 0.6) is 11.5 Å². The average molecular weight is 303 g/mol. The summed E-state index contributed by atoms with van der Waals surface area (Å²) in [5, 5.41) is 12.7. The van der Waals surface area contributed by atoms with Gasteiger partial charge in [-0.1, -0.05) is 17.3 Å². The van der Waals surface area contributed by atoms with E-state index in [0.717, 1.165) is 5.56 Å². The van der Waals surface area contributed by atoms with E-state index in [1.165, 1.54) is 14.0 Å². The Morgan fingerprint density at radius 3 is 2.82 bits per heavy atom. The molecule has 0 saturated heterocycles. The third-order valence-electron chi connectivity index (χ3n) is 2.82. The number of rotatable bonds is 6. The molecule has 6 nitrogen and oxygen atoms in total. The molecule has 2 aromatic rings. The van der Waals surface area contributed by atoms with Crippen molar-refractivity contribution < 1.29 is 23.9 Å². The molecule has 0 saturated carbocycles. The highest BCUT2D eigenvalue weighted by Gasteiger charge is 2.07. The van der Waals surface area contributed by atoms with Crippen molar-refractivity contribution in [1.82, 2.24) is 5.16 Å². The van der Waals surface area contributed by atoms with E-state index in [9.17, 15) is 4.79 Å². The van der Waals surface area contributed by atoms with E-state index in [0.29, 0.717) is 29.4 Å². The number of hydrogen-bond donors (Lipinski definition) is 1. The smallest absolute Gasteiger partial charge is 0.308 e. The summed E-state index contributed by atoms with van der Waals surface area (Å²) in [7, 11) is 1.51. The fourth-order valence-corrected chi connectivity index (χ4v) is 1.84. The summed E-state index contributed by atoms with van der Waals surface area (Å²) in [6, 6.07) is 6.98. The van der Waals surface area contributed by atoms with E-state index < -0.39 is 5.97 Å². The second-order valence-corrected chi connectivity index (χ2v) is 4.53. The maximum absolute atomic E-state index is 11.0. The van der Waals surface area contributed by atoms with Gasteiger partial charge in [0.15, 0.2) is 11.5 Å². The molecule has 0 fully saturated rings. The molecule has 6 heteroatoms. The fraction of sp³-hybridized carbons (Fsp3) is 0.250. The third-order valence-corrected chi connectivity index (χ3v) is 2.82. The first-order chi connectivity index (χ1) is 10.6. The van der Waals surface area contributed by atoms with Gasteiger partial charge in [0.05, 0.1) is 13.7 Å². The van der Waals surface area contributed by atoms with Crippen LogP contribution in [0.2, 0.25) is 0 Å². The highest BCUT2D eigenvalue weighted by Crippen LogP contribution is 2.28. The summed E-state index contributed by atoms with van der Waals surface area (Å²) in [5.74, 6) is 1.07. The molecule has 0 aliphatic heterocycles. The summed E-state index contributed by atoms with van der Waals surface area (Å²) in [6.07, 6.45) is 4.05. The van der Waals surface area contributed by atoms with Crippen molar-refractivity contribution in [3.8, 4) is 11.5 Å². The quantitative estimate of drug-likeness (QED) is 0.651. The zero-order valence-corrected chi connectivity index (χ0v) is 12.4. The third kappa shape index (κ3) is 4.20. The van der Waals surface area contributed by atoms with Crippen LogP contribution in [0.25, 0.3) is 12.2 Å². The van der Waals surface area contributed by atoms with E-state index in [1.54, 1.807) is 30.3 Å². The Bertz CT molecular complexity index is 675. The molecule has 1 aromatic heterocycles. The molecule has 0 bridgehead atoms. The van der Waals surface area contributed by atoms with Gasteiger partial charge in [0.1, 0.15) is 11.5 Å². The predicted octanol–water partition coefficient (Wildman–Crippen LogP) is 2.31. The molecule has 0 spiro atoms. The summed E-state index contributed by atoms with van der Waals surface area (Å²) < 4.78 is 15.3. The van der Waals surface area contributed by atoms with Gasteiger partial charge < -0.3 is 19.1 Å². The standard InChI is InChI=1S/C16H17NO5/c1-11(19)21-15-6-4-12(9-16(15)20-2)3-5-13-10-14(7-8-18)22-17-13/h3-6,9-10,18H,7-8H2,1-2H3. The average Bonchev–Trinajstić information content (AvgIpc) is 2.94. The molecule has 0 amide bonds. The van der Waals surface area contributed by atoms with Crippen molar-refractivity contribution >= 4 is 18.1 Å². The first-order valence-electron chi connectivity index (χ1n) is 6.73.